The van der Waals surface area contributed by atoms with Crippen LogP contribution >= 0.6 is 0 Å². The third kappa shape index (κ3) is 3.43. The van der Waals surface area contributed by atoms with Gasteiger partial charge in [-0.1, -0.05) is 84.9 Å². The van der Waals surface area contributed by atoms with Gasteiger partial charge >= 0.3 is 0 Å². The molecular weight excluding hydrogens is 552 g/mol. The highest BCUT2D eigenvalue weighted by molar-refractivity contribution is 6.24. The van der Waals surface area contributed by atoms with Crippen molar-refractivity contribution in [3.05, 3.63) is 146 Å². The van der Waals surface area contributed by atoms with Crippen molar-refractivity contribution in [2.45, 2.75) is 0 Å². The summed E-state index contributed by atoms with van der Waals surface area (Å²) in [6.45, 7) is 0. The standard InChI is InChI=1S/C40H24N4O/c1-2-13-29-27(12-1)35(24-36-39(29)30-14-4-7-17-33(30)44(36)38-19-9-10-22-41-38)43-32-16-6-3-11-26(32)28-21-20-25(23-34(28)43)40-42-31-15-5-8-18-37(31)45-40/h1-24H. The molecule has 0 saturated heterocycles. The van der Waals surface area contributed by atoms with E-state index in [1.807, 2.05) is 42.6 Å². The Labute approximate surface area is 257 Å². The topological polar surface area (TPSA) is 48.8 Å². The van der Waals surface area contributed by atoms with Crippen LogP contribution in [0.15, 0.2) is 150 Å². The molecule has 210 valence electrons. The van der Waals surface area contributed by atoms with Crippen LogP contribution in [0.2, 0.25) is 0 Å². The average molecular weight is 577 g/mol. The molecule has 0 atom stereocenters. The first-order valence-corrected chi connectivity index (χ1v) is 15.1. The zero-order valence-corrected chi connectivity index (χ0v) is 24.1. The van der Waals surface area contributed by atoms with Crippen molar-refractivity contribution in [3.63, 3.8) is 0 Å². The molecule has 0 aliphatic heterocycles. The number of fused-ring (bicyclic) bond motifs is 9. The van der Waals surface area contributed by atoms with Crippen molar-refractivity contribution < 1.29 is 4.42 Å². The molecule has 4 aromatic heterocycles. The molecule has 0 bridgehead atoms. The second kappa shape index (κ2) is 9.15. The number of para-hydroxylation sites is 4. The Morgan fingerprint density at radius 2 is 1.18 bits per heavy atom. The van der Waals surface area contributed by atoms with E-state index < -0.39 is 0 Å². The Morgan fingerprint density at radius 1 is 0.489 bits per heavy atom. The lowest BCUT2D eigenvalue weighted by Gasteiger charge is -2.14. The summed E-state index contributed by atoms with van der Waals surface area (Å²) < 4.78 is 10.9. The van der Waals surface area contributed by atoms with Crippen LogP contribution in [0.3, 0.4) is 0 Å². The Bertz CT molecular complexity index is 2730. The molecule has 0 spiro atoms. The fourth-order valence-corrected chi connectivity index (χ4v) is 7.09. The molecule has 0 unspecified atom stereocenters. The number of hydrogen-bond acceptors (Lipinski definition) is 3. The summed E-state index contributed by atoms with van der Waals surface area (Å²) in [6.07, 6.45) is 1.86. The summed E-state index contributed by atoms with van der Waals surface area (Å²) in [6, 6.07) is 48.9. The van der Waals surface area contributed by atoms with E-state index in [4.69, 9.17) is 14.4 Å². The van der Waals surface area contributed by atoms with Crippen LogP contribution in [0, 0.1) is 0 Å². The van der Waals surface area contributed by atoms with Gasteiger partial charge in [-0.05, 0) is 60.0 Å². The molecule has 0 aliphatic carbocycles. The molecule has 0 radical (unpaired) electrons. The fraction of sp³-hybridized carbons (Fsp3) is 0. The molecule has 0 saturated carbocycles. The smallest absolute Gasteiger partial charge is 0.227 e. The quantitative estimate of drug-likeness (QED) is 0.210. The maximum absolute atomic E-state index is 6.22. The van der Waals surface area contributed by atoms with Crippen molar-refractivity contribution in [1.29, 1.82) is 0 Å². The lowest BCUT2D eigenvalue weighted by molar-refractivity contribution is 0.620. The average Bonchev–Trinajstić information content (AvgIpc) is 3.78. The predicted octanol–water partition coefficient (Wildman–Crippen LogP) is 10.2. The van der Waals surface area contributed by atoms with Gasteiger partial charge in [0, 0.05) is 38.7 Å². The number of benzene rings is 6. The van der Waals surface area contributed by atoms with Crippen LogP contribution in [0.25, 0.3) is 88.4 Å². The molecule has 0 fully saturated rings. The van der Waals surface area contributed by atoms with E-state index in [0.29, 0.717) is 5.89 Å². The van der Waals surface area contributed by atoms with Crippen molar-refractivity contribution >= 4 is 65.5 Å². The van der Waals surface area contributed by atoms with Crippen LogP contribution in [0.1, 0.15) is 0 Å². The highest BCUT2D eigenvalue weighted by Gasteiger charge is 2.21. The Balaban J connectivity index is 1.36. The number of rotatable bonds is 3. The molecule has 0 amide bonds. The summed E-state index contributed by atoms with van der Waals surface area (Å²) >= 11 is 0. The highest BCUT2D eigenvalue weighted by Crippen LogP contribution is 2.42. The van der Waals surface area contributed by atoms with Gasteiger partial charge in [0.2, 0.25) is 5.89 Å². The summed E-state index contributed by atoms with van der Waals surface area (Å²) in [4.78, 5) is 9.62. The van der Waals surface area contributed by atoms with Gasteiger partial charge in [0.05, 0.1) is 27.8 Å². The zero-order valence-electron chi connectivity index (χ0n) is 24.1. The Kier molecular flexibility index (Phi) is 4.93. The fourth-order valence-electron chi connectivity index (χ4n) is 7.09. The third-order valence-corrected chi connectivity index (χ3v) is 8.99. The van der Waals surface area contributed by atoms with E-state index in [0.717, 1.165) is 50.2 Å². The van der Waals surface area contributed by atoms with Gasteiger partial charge in [-0.15, -0.1) is 0 Å². The van der Waals surface area contributed by atoms with E-state index in [1.54, 1.807) is 0 Å². The van der Waals surface area contributed by atoms with Gasteiger partial charge in [-0.3, -0.25) is 4.57 Å². The molecule has 45 heavy (non-hydrogen) atoms. The minimum Gasteiger partial charge on any atom is -0.436 e. The largest absolute Gasteiger partial charge is 0.436 e. The normalized spacial score (nSPS) is 12.0. The lowest BCUT2D eigenvalue weighted by atomic mass is 10.0. The maximum Gasteiger partial charge on any atom is 0.227 e. The van der Waals surface area contributed by atoms with Gasteiger partial charge in [0.1, 0.15) is 11.3 Å². The number of hydrogen-bond donors (Lipinski definition) is 0. The second-order valence-electron chi connectivity index (χ2n) is 11.4. The van der Waals surface area contributed by atoms with Crippen LogP contribution in [0.4, 0.5) is 0 Å². The van der Waals surface area contributed by atoms with Gasteiger partial charge in [-0.25, -0.2) is 9.97 Å². The Morgan fingerprint density at radius 3 is 2.00 bits per heavy atom. The SMILES string of the molecule is c1ccc(-n2c3ccccc3c3c4ccccc4c(-n4c5ccccc5c5ccc(-c6nc7ccccc7o6)cc54)cc32)nc1. The molecule has 10 rings (SSSR count). The van der Waals surface area contributed by atoms with Crippen LogP contribution in [0.5, 0.6) is 0 Å². The lowest BCUT2D eigenvalue weighted by Crippen LogP contribution is -1.99. The van der Waals surface area contributed by atoms with E-state index in [2.05, 4.69) is 112 Å². The summed E-state index contributed by atoms with van der Waals surface area (Å²) in [5.41, 5.74) is 8.18. The van der Waals surface area contributed by atoms with Gasteiger partial charge in [0.15, 0.2) is 5.58 Å². The van der Waals surface area contributed by atoms with Crippen molar-refractivity contribution in [2.75, 3.05) is 0 Å². The zero-order chi connectivity index (χ0) is 29.5. The molecule has 5 heteroatoms. The first-order chi connectivity index (χ1) is 22.3. The molecule has 6 aromatic carbocycles. The van der Waals surface area contributed by atoms with Crippen molar-refractivity contribution in [3.8, 4) is 23.0 Å². The van der Waals surface area contributed by atoms with Crippen LogP contribution < -0.4 is 0 Å². The molecular formula is C40H24N4O. The number of oxazole rings is 1. The summed E-state index contributed by atoms with van der Waals surface area (Å²) in [5, 5.41) is 7.21. The van der Waals surface area contributed by atoms with Gasteiger partial charge < -0.3 is 8.98 Å². The molecule has 4 heterocycles. The molecule has 10 aromatic rings. The van der Waals surface area contributed by atoms with E-state index >= 15 is 0 Å². The van der Waals surface area contributed by atoms with Crippen molar-refractivity contribution in [1.82, 2.24) is 19.1 Å². The van der Waals surface area contributed by atoms with Crippen LogP contribution in [-0.4, -0.2) is 19.1 Å². The molecule has 0 aliphatic rings. The minimum absolute atomic E-state index is 0.616. The van der Waals surface area contributed by atoms with Crippen molar-refractivity contribution in [2.24, 2.45) is 0 Å². The van der Waals surface area contributed by atoms with Gasteiger partial charge in [0.25, 0.3) is 0 Å². The maximum atomic E-state index is 6.22. The van der Waals surface area contributed by atoms with E-state index in [-0.39, 0.29) is 0 Å². The monoisotopic (exact) mass is 576 g/mol. The summed E-state index contributed by atoms with van der Waals surface area (Å²) in [7, 11) is 0. The van der Waals surface area contributed by atoms with E-state index in [9.17, 15) is 0 Å². The summed E-state index contributed by atoms with van der Waals surface area (Å²) in [5.74, 6) is 1.51. The molecule has 5 nitrogen and oxygen atoms in total. The van der Waals surface area contributed by atoms with Crippen LogP contribution in [-0.2, 0) is 0 Å². The number of aromatic nitrogens is 4. The highest BCUT2D eigenvalue weighted by atomic mass is 16.3. The minimum atomic E-state index is 0.616. The Hall–Kier alpha value is -6.20. The predicted molar refractivity (Wildman–Crippen MR) is 183 cm³/mol. The van der Waals surface area contributed by atoms with Gasteiger partial charge in [-0.2, -0.15) is 0 Å². The number of nitrogens with zero attached hydrogens (tertiary/aromatic N) is 4. The first kappa shape index (κ1) is 24.3. The molecule has 0 N–H and O–H groups in total. The van der Waals surface area contributed by atoms with E-state index in [1.165, 1.54) is 32.3 Å². The number of pyridine rings is 1. The second-order valence-corrected chi connectivity index (χ2v) is 11.4. The third-order valence-electron chi connectivity index (χ3n) is 8.99. The first-order valence-electron chi connectivity index (χ1n) is 15.1.